The Morgan fingerprint density at radius 1 is 0.750 bits per heavy atom. The monoisotopic (exact) mass is 237 g/mol. The highest BCUT2D eigenvalue weighted by Gasteiger charge is 2.27. The van der Waals surface area contributed by atoms with Crippen molar-refractivity contribution in [1.29, 1.82) is 0 Å². The van der Waals surface area contributed by atoms with Crippen molar-refractivity contribution in [3.63, 3.8) is 0 Å². The summed E-state index contributed by atoms with van der Waals surface area (Å²) >= 11 is 0. The van der Waals surface area contributed by atoms with Crippen molar-refractivity contribution >= 4 is 0 Å². The molecular weight excluding hydrogens is 229 g/mol. The lowest BCUT2D eigenvalue weighted by molar-refractivity contribution is 0.166. The minimum Gasteiger partial charge on any atom is -0.299 e. The van der Waals surface area contributed by atoms with Gasteiger partial charge in [-0.2, -0.15) is 0 Å². The van der Waals surface area contributed by atoms with Crippen molar-refractivity contribution in [2.24, 2.45) is 0 Å². The van der Waals surface area contributed by atoms with Gasteiger partial charge in [0, 0.05) is 12.1 Å². The number of likely N-dealkylation sites (tertiary alicyclic amines) is 1. The summed E-state index contributed by atoms with van der Waals surface area (Å²) in [7, 11) is 0. The summed E-state index contributed by atoms with van der Waals surface area (Å²) in [6.45, 7) is 0.977. The van der Waals surface area contributed by atoms with Crippen LogP contribution >= 0.6 is 0 Å². The number of hydrogen-bond acceptors (Lipinski definition) is 1. The van der Waals surface area contributed by atoms with Crippen molar-refractivity contribution in [3.8, 4) is 0 Å². The molecule has 88 valence electrons. The predicted octanol–water partition coefficient (Wildman–Crippen LogP) is 2.59. The molecule has 16 heavy (non-hydrogen) atoms. The lowest BCUT2D eigenvalue weighted by Gasteiger charge is -2.30. The predicted molar refractivity (Wildman–Crippen MR) is 46.1 cm³/mol. The molecule has 0 saturated carbocycles. The van der Waals surface area contributed by atoms with Gasteiger partial charge in [-0.15, -0.1) is 0 Å². The first kappa shape index (κ1) is 11.3. The van der Waals surface area contributed by atoms with Crippen LogP contribution < -0.4 is 0 Å². The molecule has 1 nitrogen and oxygen atoms in total. The fourth-order valence-electron chi connectivity index (χ4n) is 1.55. The summed E-state index contributed by atoms with van der Waals surface area (Å²) in [6.07, 6.45) is 0.870. The Morgan fingerprint density at radius 2 is 1.19 bits per heavy atom. The summed E-state index contributed by atoms with van der Waals surface area (Å²) in [5, 5.41) is 0. The van der Waals surface area contributed by atoms with Gasteiger partial charge >= 0.3 is 0 Å². The van der Waals surface area contributed by atoms with Crippen molar-refractivity contribution < 1.29 is 22.0 Å². The van der Waals surface area contributed by atoms with Gasteiger partial charge in [0.05, 0.1) is 0 Å². The van der Waals surface area contributed by atoms with Crippen molar-refractivity contribution in [2.45, 2.75) is 13.0 Å². The third-order valence-electron chi connectivity index (χ3n) is 2.63. The van der Waals surface area contributed by atoms with Crippen LogP contribution in [0.2, 0.25) is 0 Å². The van der Waals surface area contributed by atoms with Crippen molar-refractivity contribution in [2.75, 3.05) is 13.1 Å². The molecule has 0 amide bonds. The van der Waals surface area contributed by atoms with Gasteiger partial charge in [0.1, 0.15) is 0 Å². The Balaban J connectivity index is 2.42. The maximum Gasteiger partial charge on any atom is 0.200 e. The van der Waals surface area contributed by atoms with Crippen LogP contribution in [0.4, 0.5) is 22.0 Å². The van der Waals surface area contributed by atoms with Crippen molar-refractivity contribution in [3.05, 3.63) is 34.6 Å². The average molecular weight is 237 g/mol. The highest BCUT2D eigenvalue weighted by atomic mass is 19.2. The molecule has 0 N–H and O–H groups in total. The van der Waals surface area contributed by atoms with Gasteiger partial charge in [0.25, 0.3) is 0 Å². The summed E-state index contributed by atoms with van der Waals surface area (Å²) in [5.74, 6) is -9.34. The molecule has 0 bridgehead atoms. The zero-order valence-corrected chi connectivity index (χ0v) is 8.17. The molecule has 1 heterocycles. The molecular formula is C10H8F5N. The number of hydrogen-bond donors (Lipinski definition) is 0. The number of rotatable bonds is 2. The fraction of sp³-hybridized carbons (Fsp3) is 0.400. The average Bonchev–Trinajstić information content (AvgIpc) is 2.21. The summed E-state index contributed by atoms with van der Waals surface area (Å²) in [6, 6.07) is 0. The van der Waals surface area contributed by atoms with Crippen LogP contribution in [0.15, 0.2) is 0 Å². The lowest BCUT2D eigenvalue weighted by Crippen LogP contribution is -2.37. The van der Waals surface area contributed by atoms with E-state index in [4.69, 9.17) is 0 Å². The smallest absolute Gasteiger partial charge is 0.200 e. The van der Waals surface area contributed by atoms with Gasteiger partial charge in [-0.1, -0.05) is 0 Å². The normalized spacial score (nSPS) is 16.3. The molecule has 1 aliphatic heterocycles. The zero-order valence-electron chi connectivity index (χ0n) is 8.17. The molecule has 1 saturated heterocycles. The van der Waals surface area contributed by atoms with Crippen LogP contribution in [0, 0.1) is 29.1 Å². The SMILES string of the molecule is Fc1c(F)c(F)c(CN2CCC2)c(F)c1F. The van der Waals surface area contributed by atoms with Crippen LogP contribution in [0.25, 0.3) is 0 Å². The quantitative estimate of drug-likeness (QED) is 0.434. The second-order valence-corrected chi connectivity index (χ2v) is 3.68. The van der Waals surface area contributed by atoms with Gasteiger partial charge in [-0.3, -0.25) is 4.90 Å². The molecule has 1 aromatic carbocycles. The highest BCUT2D eigenvalue weighted by molar-refractivity contribution is 5.24. The van der Waals surface area contributed by atoms with Crippen LogP contribution in [0.5, 0.6) is 0 Å². The first-order valence-electron chi connectivity index (χ1n) is 4.75. The Morgan fingerprint density at radius 3 is 1.56 bits per heavy atom. The Kier molecular flexibility index (Phi) is 2.84. The summed E-state index contributed by atoms with van der Waals surface area (Å²) in [5.41, 5.74) is -0.754. The van der Waals surface area contributed by atoms with E-state index in [2.05, 4.69) is 0 Å². The third kappa shape index (κ3) is 1.67. The van der Waals surface area contributed by atoms with E-state index in [1.165, 1.54) is 0 Å². The van der Waals surface area contributed by atoms with Gasteiger partial charge in [0.2, 0.25) is 5.82 Å². The molecule has 0 spiro atoms. The molecule has 1 aromatic rings. The molecule has 0 radical (unpaired) electrons. The van der Waals surface area contributed by atoms with E-state index in [1.54, 1.807) is 4.90 Å². The first-order valence-corrected chi connectivity index (χ1v) is 4.75. The topological polar surface area (TPSA) is 3.24 Å². The van der Waals surface area contributed by atoms with Crippen LogP contribution in [0.1, 0.15) is 12.0 Å². The first-order chi connectivity index (χ1) is 7.52. The maximum absolute atomic E-state index is 13.2. The Bertz CT molecular complexity index is 399. The van der Waals surface area contributed by atoms with E-state index >= 15 is 0 Å². The summed E-state index contributed by atoms with van der Waals surface area (Å²) in [4.78, 5) is 1.61. The van der Waals surface area contributed by atoms with Gasteiger partial charge < -0.3 is 0 Å². The Hall–Kier alpha value is -1.17. The molecule has 2 rings (SSSR count). The zero-order chi connectivity index (χ0) is 11.9. The molecule has 0 aromatic heterocycles. The van der Waals surface area contributed by atoms with Gasteiger partial charge in [0.15, 0.2) is 23.3 Å². The Labute approximate surface area is 88.5 Å². The lowest BCUT2D eigenvalue weighted by atomic mass is 10.1. The van der Waals surface area contributed by atoms with Gasteiger partial charge in [-0.05, 0) is 19.5 Å². The molecule has 6 heteroatoms. The molecule has 1 aliphatic rings. The van der Waals surface area contributed by atoms with Crippen LogP contribution in [-0.4, -0.2) is 18.0 Å². The molecule has 1 fully saturated rings. The number of halogens is 5. The number of nitrogens with zero attached hydrogens (tertiary/aromatic N) is 1. The van der Waals surface area contributed by atoms with Crippen molar-refractivity contribution in [1.82, 2.24) is 4.90 Å². The second kappa shape index (κ2) is 4.01. The van der Waals surface area contributed by atoms with E-state index < -0.39 is 34.6 Å². The largest absolute Gasteiger partial charge is 0.299 e. The van der Waals surface area contributed by atoms with Crippen LogP contribution in [-0.2, 0) is 6.54 Å². The van der Waals surface area contributed by atoms with E-state index in [0.29, 0.717) is 13.1 Å². The maximum atomic E-state index is 13.2. The second-order valence-electron chi connectivity index (χ2n) is 3.68. The summed E-state index contributed by atoms with van der Waals surface area (Å²) < 4.78 is 64.6. The number of benzene rings is 1. The molecule has 0 unspecified atom stereocenters. The fourth-order valence-corrected chi connectivity index (χ4v) is 1.55. The third-order valence-corrected chi connectivity index (χ3v) is 2.63. The van der Waals surface area contributed by atoms with E-state index in [9.17, 15) is 22.0 Å². The standard InChI is InChI=1S/C10H8F5N/c11-6-5(4-16-2-1-3-16)7(12)9(14)10(15)8(6)13/h1-4H2. The highest BCUT2D eigenvalue weighted by Crippen LogP contribution is 2.25. The van der Waals surface area contributed by atoms with E-state index in [0.717, 1.165) is 6.42 Å². The minimum absolute atomic E-state index is 0.244. The van der Waals surface area contributed by atoms with Crippen LogP contribution in [0.3, 0.4) is 0 Å². The van der Waals surface area contributed by atoms with E-state index in [1.807, 2.05) is 0 Å². The van der Waals surface area contributed by atoms with Gasteiger partial charge in [-0.25, -0.2) is 22.0 Å². The molecule has 0 aliphatic carbocycles. The minimum atomic E-state index is -2.11. The van der Waals surface area contributed by atoms with E-state index in [-0.39, 0.29) is 6.54 Å². The molecule has 0 atom stereocenters.